The van der Waals surface area contributed by atoms with Crippen LogP contribution >= 0.6 is 11.6 Å². The van der Waals surface area contributed by atoms with Gasteiger partial charge in [-0.3, -0.25) is 9.80 Å². The minimum atomic E-state index is -0.574. The largest absolute Gasteiger partial charge is 0.297 e. The Bertz CT molecular complexity index is 817. The van der Waals surface area contributed by atoms with Gasteiger partial charge in [-0.1, -0.05) is 48.0 Å². The summed E-state index contributed by atoms with van der Waals surface area (Å²) in [5.74, 6) is 0.273. The Hall–Kier alpha value is -2.13. The van der Waals surface area contributed by atoms with Crippen LogP contribution in [0.4, 0.5) is 5.69 Å². The number of Topliss-reactive ketones (excluding diaryl/α,β-unsaturated/α-hetero) is 1. The first-order chi connectivity index (χ1) is 11.6. The van der Waals surface area contributed by atoms with E-state index < -0.39 is 5.54 Å². The Kier molecular flexibility index (Phi) is 3.69. The van der Waals surface area contributed by atoms with E-state index >= 15 is 0 Å². The maximum absolute atomic E-state index is 12.7. The molecule has 1 aliphatic heterocycles. The molecule has 2 aromatic carbocycles. The molecule has 4 heteroatoms. The number of hydrazone groups is 1. The Morgan fingerprint density at radius 1 is 1.17 bits per heavy atom. The molecule has 1 fully saturated rings. The zero-order valence-electron chi connectivity index (χ0n) is 13.6. The number of carbonyl (C=O) groups is 1. The van der Waals surface area contributed by atoms with Crippen molar-refractivity contribution in [1.82, 2.24) is 0 Å². The first kappa shape index (κ1) is 15.4. The van der Waals surface area contributed by atoms with Crippen LogP contribution in [0, 0.1) is 5.92 Å². The van der Waals surface area contributed by atoms with Gasteiger partial charge in [-0.05, 0) is 44.4 Å². The van der Waals surface area contributed by atoms with E-state index in [1.807, 2.05) is 59.6 Å². The minimum absolute atomic E-state index is 0.0927. The van der Waals surface area contributed by atoms with Gasteiger partial charge in [0.2, 0.25) is 0 Å². The molecule has 24 heavy (non-hydrogen) atoms. The van der Waals surface area contributed by atoms with Crippen molar-refractivity contribution in [2.24, 2.45) is 11.0 Å². The van der Waals surface area contributed by atoms with Gasteiger partial charge in [0.1, 0.15) is 5.54 Å². The number of hydrogen-bond donors (Lipinski definition) is 0. The molecular weight excluding hydrogens is 320 g/mol. The molecule has 0 bridgehead atoms. The summed E-state index contributed by atoms with van der Waals surface area (Å²) in [5.41, 5.74) is 2.27. The van der Waals surface area contributed by atoms with Crippen molar-refractivity contribution in [2.45, 2.75) is 31.7 Å². The van der Waals surface area contributed by atoms with Crippen molar-refractivity contribution in [3.63, 3.8) is 0 Å². The highest BCUT2D eigenvalue weighted by molar-refractivity contribution is 6.34. The van der Waals surface area contributed by atoms with Crippen LogP contribution in [0.2, 0.25) is 5.02 Å². The number of anilines is 1. The number of halogens is 1. The molecule has 0 aromatic heterocycles. The molecule has 0 saturated heterocycles. The number of carbonyl (C=O) groups excluding carboxylic acids is 1. The van der Waals surface area contributed by atoms with Gasteiger partial charge < -0.3 is 0 Å². The maximum Gasteiger partial charge on any atom is 0.158 e. The summed E-state index contributed by atoms with van der Waals surface area (Å²) in [6.07, 6.45) is 2.82. The summed E-state index contributed by atoms with van der Waals surface area (Å²) in [5, 5.41) is 7.55. The van der Waals surface area contributed by atoms with Crippen molar-refractivity contribution in [3.05, 3.63) is 65.2 Å². The molecule has 2 aromatic rings. The number of benzene rings is 2. The van der Waals surface area contributed by atoms with Crippen LogP contribution in [0.3, 0.4) is 0 Å². The monoisotopic (exact) mass is 338 g/mol. The highest BCUT2D eigenvalue weighted by Crippen LogP contribution is 2.49. The highest BCUT2D eigenvalue weighted by Gasteiger charge is 2.57. The predicted molar refractivity (Wildman–Crippen MR) is 97.7 cm³/mol. The number of fused-ring (bicyclic) bond motifs is 1. The second-order valence-electron chi connectivity index (χ2n) is 6.54. The van der Waals surface area contributed by atoms with E-state index in [1.165, 1.54) is 0 Å². The standard InChI is InChI=1S/C20H19ClN2O/c1-14(24)20-13-7-11-17(20)19(16-10-5-6-12-18(16)21)22-23(20)15-8-3-2-4-9-15/h2-6,8-10,12,17H,7,11,13H2,1H3/t17-,20+/m0/s1. The molecule has 1 heterocycles. The van der Waals surface area contributed by atoms with Crippen LogP contribution in [-0.4, -0.2) is 17.0 Å². The fourth-order valence-corrected chi connectivity index (χ4v) is 4.44. The van der Waals surface area contributed by atoms with Crippen LogP contribution in [-0.2, 0) is 4.79 Å². The van der Waals surface area contributed by atoms with E-state index in [0.717, 1.165) is 36.2 Å². The third kappa shape index (κ3) is 2.11. The lowest BCUT2D eigenvalue weighted by Crippen LogP contribution is -2.51. The molecule has 4 rings (SSSR count). The lowest BCUT2D eigenvalue weighted by Gasteiger charge is -2.35. The zero-order valence-corrected chi connectivity index (χ0v) is 14.3. The molecule has 122 valence electrons. The first-order valence-corrected chi connectivity index (χ1v) is 8.72. The maximum atomic E-state index is 12.7. The van der Waals surface area contributed by atoms with Gasteiger partial charge in [0.05, 0.1) is 11.4 Å². The molecule has 0 N–H and O–H groups in total. The van der Waals surface area contributed by atoms with E-state index in [9.17, 15) is 4.79 Å². The quantitative estimate of drug-likeness (QED) is 0.813. The molecule has 0 radical (unpaired) electrons. The normalized spacial score (nSPS) is 25.5. The number of nitrogens with zero attached hydrogens (tertiary/aromatic N) is 2. The second kappa shape index (κ2) is 5.75. The van der Waals surface area contributed by atoms with Crippen LogP contribution in [0.1, 0.15) is 31.7 Å². The van der Waals surface area contributed by atoms with Gasteiger partial charge >= 0.3 is 0 Å². The molecule has 0 unspecified atom stereocenters. The van der Waals surface area contributed by atoms with Gasteiger partial charge in [-0.15, -0.1) is 0 Å². The summed E-state index contributed by atoms with van der Waals surface area (Å²) in [4.78, 5) is 12.7. The summed E-state index contributed by atoms with van der Waals surface area (Å²) < 4.78 is 0. The highest BCUT2D eigenvalue weighted by atomic mass is 35.5. The molecular formula is C20H19ClN2O. The lowest BCUT2D eigenvalue weighted by atomic mass is 9.79. The van der Waals surface area contributed by atoms with Crippen molar-refractivity contribution >= 4 is 28.8 Å². The molecule has 2 aliphatic rings. The van der Waals surface area contributed by atoms with Crippen LogP contribution in [0.25, 0.3) is 0 Å². The van der Waals surface area contributed by atoms with Gasteiger partial charge in [0, 0.05) is 16.5 Å². The Morgan fingerprint density at radius 2 is 1.88 bits per heavy atom. The third-order valence-corrected chi connectivity index (χ3v) is 5.63. The van der Waals surface area contributed by atoms with Gasteiger partial charge in [0.25, 0.3) is 0 Å². The first-order valence-electron chi connectivity index (χ1n) is 8.34. The van der Waals surface area contributed by atoms with Crippen molar-refractivity contribution in [1.29, 1.82) is 0 Å². The number of para-hydroxylation sites is 1. The van der Waals surface area contributed by atoms with Crippen molar-refractivity contribution in [3.8, 4) is 0 Å². The summed E-state index contributed by atoms with van der Waals surface area (Å²) in [7, 11) is 0. The van der Waals surface area contributed by atoms with Crippen molar-refractivity contribution in [2.75, 3.05) is 5.01 Å². The Morgan fingerprint density at radius 3 is 2.58 bits per heavy atom. The topological polar surface area (TPSA) is 32.7 Å². The summed E-state index contributed by atoms with van der Waals surface area (Å²) in [6.45, 7) is 1.69. The van der Waals surface area contributed by atoms with Gasteiger partial charge in [0.15, 0.2) is 5.78 Å². The number of hydrogen-bond acceptors (Lipinski definition) is 3. The third-order valence-electron chi connectivity index (χ3n) is 5.30. The van der Waals surface area contributed by atoms with E-state index in [0.29, 0.717) is 5.02 Å². The van der Waals surface area contributed by atoms with E-state index in [2.05, 4.69) is 0 Å². The fourth-order valence-electron chi connectivity index (χ4n) is 4.21. The molecule has 1 aliphatic carbocycles. The van der Waals surface area contributed by atoms with Crippen molar-refractivity contribution < 1.29 is 4.79 Å². The second-order valence-corrected chi connectivity index (χ2v) is 6.94. The SMILES string of the molecule is CC(=O)[C@]12CCC[C@H]1C(c1ccccc1Cl)=NN2c1ccccc1. The Balaban J connectivity index is 1.90. The minimum Gasteiger partial charge on any atom is -0.297 e. The van der Waals surface area contributed by atoms with Crippen LogP contribution in [0.15, 0.2) is 59.7 Å². The zero-order chi connectivity index (χ0) is 16.7. The average Bonchev–Trinajstić information content (AvgIpc) is 3.15. The Labute approximate surface area is 146 Å². The van der Waals surface area contributed by atoms with Crippen LogP contribution < -0.4 is 5.01 Å². The summed E-state index contributed by atoms with van der Waals surface area (Å²) >= 11 is 6.43. The van der Waals surface area contributed by atoms with Gasteiger partial charge in [-0.25, -0.2) is 0 Å². The van der Waals surface area contributed by atoms with Gasteiger partial charge in [-0.2, -0.15) is 5.10 Å². The summed E-state index contributed by atoms with van der Waals surface area (Å²) in [6, 6.07) is 17.7. The molecule has 0 spiro atoms. The fraction of sp³-hybridized carbons (Fsp3) is 0.300. The molecule has 3 nitrogen and oxygen atoms in total. The molecule has 2 atom stereocenters. The molecule has 0 amide bonds. The van der Waals surface area contributed by atoms with E-state index in [-0.39, 0.29) is 11.7 Å². The predicted octanol–water partition coefficient (Wildman–Crippen LogP) is 4.69. The van der Waals surface area contributed by atoms with E-state index in [1.54, 1.807) is 6.92 Å². The lowest BCUT2D eigenvalue weighted by molar-refractivity contribution is -0.122. The number of ketones is 1. The van der Waals surface area contributed by atoms with E-state index in [4.69, 9.17) is 16.7 Å². The van der Waals surface area contributed by atoms with Crippen LogP contribution in [0.5, 0.6) is 0 Å². The average molecular weight is 339 g/mol. The molecule has 1 saturated carbocycles. The number of rotatable bonds is 3. The smallest absolute Gasteiger partial charge is 0.158 e.